The van der Waals surface area contributed by atoms with Crippen molar-refractivity contribution in [3.05, 3.63) is 157 Å². The molecule has 0 unspecified atom stereocenters. The van der Waals surface area contributed by atoms with Crippen molar-refractivity contribution in [2.75, 3.05) is 0 Å². The molecule has 50 heavy (non-hydrogen) atoms. The molecule has 0 bridgehead atoms. The Morgan fingerprint density at radius 3 is 1.78 bits per heavy atom. The van der Waals surface area contributed by atoms with Gasteiger partial charge in [0.25, 0.3) is 0 Å². The summed E-state index contributed by atoms with van der Waals surface area (Å²) in [6.45, 7) is 6.67. The third kappa shape index (κ3) is 5.81. The summed E-state index contributed by atoms with van der Waals surface area (Å²) in [5.74, 6) is 1.13. The van der Waals surface area contributed by atoms with Crippen LogP contribution in [0.5, 0.6) is 5.75 Å². The summed E-state index contributed by atoms with van der Waals surface area (Å²) in [7, 11) is 0. The van der Waals surface area contributed by atoms with Gasteiger partial charge in [-0.1, -0.05) is 118 Å². The molecule has 6 heteroatoms. The molecule has 0 radical (unpaired) electrons. The SMILES string of the molecule is CC(C)(C)c1cc(-c2ccccn2)cc(-c2cccc3c2nc(-c2ccccc2O)n3-c2nc(-c3ccccc3)cc(-c3ccccc3)n2)c1. The van der Waals surface area contributed by atoms with Crippen LogP contribution in [0.15, 0.2) is 152 Å². The van der Waals surface area contributed by atoms with Crippen molar-refractivity contribution in [3.63, 3.8) is 0 Å². The lowest BCUT2D eigenvalue weighted by molar-refractivity contribution is 0.477. The number of pyridine rings is 1. The minimum atomic E-state index is -0.104. The van der Waals surface area contributed by atoms with Crippen LogP contribution in [0.3, 0.4) is 0 Å². The van der Waals surface area contributed by atoms with Crippen molar-refractivity contribution in [1.82, 2.24) is 24.5 Å². The Bertz CT molecular complexity index is 2410. The number of hydrogen-bond donors (Lipinski definition) is 1. The van der Waals surface area contributed by atoms with Gasteiger partial charge in [-0.05, 0) is 65.1 Å². The number of imidazole rings is 1. The van der Waals surface area contributed by atoms with Crippen molar-refractivity contribution in [2.24, 2.45) is 0 Å². The highest BCUT2D eigenvalue weighted by Crippen LogP contribution is 2.39. The molecule has 0 saturated heterocycles. The van der Waals surface area contributed by atoms with E-state index in [0.29, 0.717) is 17.3 Å². The molecule has 6 nitrogen and oxygen atoms in total. The molecular formula is C44H35N5O. The van der Waals surface area contributed by atoms with E-state index in [2.05, 4.69) is 74.3 Å². The van der Waals surface area contributed by atoms with Gasteiger partial charge in [0.1, 0.15) is 5.75 Å². The van der Waals surface area contributed by atoms with E-state index in [1.165, 1.54) is 5.56 Å². The lowest BCUT2D eigenvalue weighted by atomic mass is 9.83. The lowest BCUT2D eigenvalue weighted by Crippen LogP contribution is -2.11. The van der Waals surface area contributed by atoms with Crippen LogP contribution in [0.2, 0.25) is 0 Å². The fourth-order valence-electron chi connectivity index (χ4n) is 6.32. The van der Waals surface area contributed by atoms with Crippen LogP contribution in [0.1, 0.15) is 26.3 Å². The second kappa shape index (κ2) is 12.6. The summed E-state index contributed by atoms with van der Waals surface area (Å²) >= 11 is 0. The van der Waals surface area contributed by atoms with Gasteiger partial charge in [-0.2, -0.15) is 0 Å². The highest BCUT2D eigenvalue weighted by molar-refractivity contribution is 5.96. The van der Waals surface area contributed by atoms with E-state index in [9.17, 15) is 5.11 Å². The van der Waals surface area contributed by atoms with Gasteiger partial charge in [-0.15, -0.1) is 0 Å². The topological polar surface area (TPSA) is 76.7 Å². The van der Waals surface area contributed by atoms with Gasteiger partial charge < -0.3 is 5.11 Å². The molecule has 0 fully saturated rings. The van der Waals surface area contributed by atoms with Crippen molar-refractivity contribution in [2.45, 2.75) is 26.2 Å². The number of phenols is 1. The lowest BCUT2D eigenvalue weighted by Gasteiger charge is -2.21. The molecule has 0 atom stereocenters. The van der Waals surface area contributed by atoms with Gasteiger partial charge in [-0.25, -0.2) is 15.0 Å². The minimum absolute atomic E-state index is 0.104. The standard InChI is InChI=1S/C44H35N5O/c1-44(2,3)33-26-31(25-32(27-33)36-21-12-13-24-45-36)34-20-14-22-39-41(34)48-42(35-19-10-11-23-40(35)50)49(39)43-46-37(29-15-6-4-7-16-29)28-38(47-43)30-17-8-5-9-18-30/h4-28,50H,1-3H3. The van der Waals surface area contributed by atoms with E-state index in [4.69, 9.17) is 15.0 Å². The molecule has 5 aromatic carbocycles. The quantitative estimate of drug-likeness (QED) is 0.194. The normalized spacial score (nSPS) is 11.6. The average Bonchev–Trinajstić information content (AvgIpc) is 3.55. The fourth-order valence-corrected chi connectivity index (χ4v) is 6.32. The molecule has 0 spiro atoms. The Labute approximate surface area is 291 Å². The summed E-state index contributed by atoms with van der Waals surface area (Å²) in [6.07, 6.45) is 1.83. The summed E-state index contributed by atoms with van der Waals surface area (Å²) in [5.41, 5.74) is 10.7. The zero-order valence-electron chi connectivity index (χ0n) is 28.1. The maximum Gasteiger partial charge on any atom is 0.237 e. The molecule has 3 aromatic heterocycles. The van der Waals surface area contributed by atoms with Crippen LogP contribution in [-0.2, 0) is 5.41 Å². The number of rotatable bonds is 6. The summed E-state index contributed by atoms with van der Waals surface area (Å²) in [6, 6.07) is 48.4. The number of benzene rings is 5. The van der Waals surface area contributed by atoms with Gasteiger partial charge in [0, 0.05) is 28.5 Å². The third-order valence-corrected chi connectivity index (χ3v) is 8.95. The number of nitrogens with zero attached hydrogens (tertiary/aromatic N) is 5. The molecule has 0 aliphatic heterocycles. The molecule has 8 aromatic rings. The molecular weight excluding hydrogens is 615 g/mol. The summed E-state index contributed by atoms with van der Waals surface area (Å²) in [5, 5.41) is 11.2. The number of hydrogen-bond acceptors (Lipinski definition) is 5. The van der Waals surface area contributed by atoms with Gasteiger partial charge in [-0.3, -0.25) is 9.55 Å². The molecule has 1 N–H and O–H groups in total. The first-order valence-corrected chi connectivity index (χ1v) is 16.7. The Hall–Kier alpha value is -6.40. The molecule has 8 rings (SSSR count). The van der Waals surface area contributed by atoms with Crippen LogP contribution >= 0.6 is 0 Å². The Morgan fingerprint density at radius 2 is 1.14 bits per heavy atom. The monoisotopic (exact) mass is 649 g/mol. The summed E-state index contributed by atoms with van der Waals surface area (Å²) in [4.78, 5) is 20.3. The first kappa shape index (κ1) is 30.9. The Balaban J connectivity index is 1.43. The van der Waals surface area contributed by atoms with E-state index in [1.807, 2.05) is 102 Å². The van der Waals surface area contributed by atoms with Gasteiger partial charge in [0.2, 0.25) is 5.95 Å². The number of aromatic nitrogens is 5. The van der Waals surface area contributed by atoms with E-state index < -0.39 is 0 Å². The van der Waals surface area contributed by atoms with Crippen molar-refractivity contribution in [1.29, 1.82) is 0 Å². The van der Waals surface area contributed by atoms with Crippen molar-refractivity contribution >= 4 is 11.0 Å². The second-order valence-electron chi connectivity index (χ2n) is 13.4. The number of phenolic OH excluding ortho intramolecular Hbond substituents is 1. The van der Waals surface area contributed by atoms with Crippen LogP contribution < -0.4 is 0 Å². The van der Waals surface area contributed by atoms with E-state index >= 15 is 0 Å². The number of aromatic hydroxyl groups is 1. The highest BCUT2D eigenvalue weighted by Gasteiger charge is 2.24. The average molecular weight is 650 g/mol. The zero-order valence-corrected chi connectivity index (χ0v) is 28.1. The first-order valence-electron chi connectivity index (χ1n) is 16.7. The van der Waals surface area contributed by atoms with E-state index in [-0.39, 0.29) is 11.2 Å². The van der Waals surface area contributed by atoms with Gasteiger partial charge in [0.15, 0.2) is 5.82 Å². The minimum Gasteiger partial charge on any atom is -0.507 e. The third-order valence-electron chi connectivity index (χ3n) is 8.95. The van der Waals surface area contributed by atoms with Crippen LogP contribution in [-0.4, -0.2) is 29.6 Å². The smallest absolute Gasteiger partial charge is 0.237 e. The number of fused-ring (bicyclic) bond motifs is 1. The van der Waals surface area contributed by atoms with E-state index in [1.54, 1.807) is 6.07 Å². The Kier molecular flexibility index (Phi) is 7.77. The molecule has 0 aliphatic carbocycles. The predicted molar refractivity (Wildman–Crippen MR) is 202 cm³/mol. The van der Waals surface area contributed by atoms with E-state index in [0.717, 1.165) is 55.9 Å². The first-order chi connectivity index (χ1) is 24.3. The maximum absolute atomic E-state index is 11.2. The molecule has 3 heterocycles. The van der Waals surface area contributed by atoms with Gasteiger partial charge in [0.05, 0.1) is 33.7 Å². The maximum atomic E-state index is 11.2. The Morgan fingerprint density at radius 1 is 0.520 bits per heavy atom. The molecule has 0 aliphatic rings. The fraction of sp³-hybridized carbons (Fsp3) is 0.0909. The van der Waals surface area contributed by atoms with Crippen LogP contribution in [0.4, 0.5) is 0 Å². The molecule has 0 amide bonds. The van der Waals surface area contributed by atoms with Crippen LogP contribution in [0.25, 0.3) is 73.3 Å². The molecule has 0 saturated carbocycles. The predicted octanol–water partition coefficient (Wildman–Crippen LogP) is 10.5. The zero-order chi connectivity index (χ0) is 34.2. The second-order valence-corrected chi connectivity index (χ2v) is 13.4. The van der Waals surface area contributed by atoms with Gasteiger partial charge >= 0.3 is 0 Å². The van der Waals surface area contributed by atoms with Crippen molar-refractivity contribution < 1.29 is 5.11 Å². The van der Waals surface area contributed by atoms with Crippen LogP contribution in [0, 0.1) is 0 Å². The largest absolute Gasteiger partial charge is 0.507 e. The highest BCUT2D eigenvalue weighted by atomic mass is 16.3. The summed E-state index contributed by atoms with van der Waals surface area (Å²) < 4.78 is 1.97. The molecule has 242 valence electrons. The number of para-hydroxylation sites is 2. The van der Waals surface area contributed by atoms with Crippen molar-refractivity contribution in [3.8, 4) is 68.0 Å².